The van der Waals surface area contributed by atoms with Crippen molar-refractivity contribution in [3.8, 4) is 22.8 Å². The number of benzene rings is 3. The van der Waals surface area contributed by atoms with E-state index in [0.29, 0.717) is 6.61 Å². The predicted octanol–water partition coefficient (Wildman–Crippen LogP) is 4.56. The van der Waals surface area contributed by atoms with Crippen LogP contribution in [0.25, 0.3) is 22.2 Å². The normalized spacial score (nSPS) is 20.3. The molecule has 1 amide bonds. The van der Waals surface area contributed by atoms with Crippen LogP contribution in [0, 0.1) is 0 Å². The van der Waals surface area contributed by atoms with Crippen molar-refractivity contribution < 1.29 is 14.3 Å². The van der Waals surface area contributed by atoms with E-state index in [9.17, 15) is 4.79 Å². The molecule has 1 fully saturated rings. The van der Waals surface area contributed by atoms with Crippen LogP contribution in [0.1, 0.15) is 23.5 Å². The average molecular weight is 469 g/mol. The number of carbonyl (C=O) groups is 1. The Morgan fingerprint density at radius 2 is 1.86 bits per heavy atom. The fourth-order valence-corrected chi connectivity index (χ4v) is 5.23. The first-order valence-corrected chi connectivity index (χ1v) is 11.9. The first-order valence-electron chi connectivity index (χ1n) is 11.9. The number of amides is 1. The van der Waals surface area contributed by atoms with Crippen molar-refractivity contribution in [1.82, 2.24) is 15.1 Å². The Bertz CT molecular complexity index is 1430. The van der Waals surface area contributed by atoms with E-state index < -0.39 is 5.41 Å². The molecule has 7 heteroatoms. The van der Waals surface area contributed by atoms with Crippen LogP contribution in [0.4, 0.5) is 5.69 Å². The summed E-state index contributed by atoms with van der Waals surface area (Å²) in [6.45, 7) is 1.52. The van der Waals surface area contributed by atoms with E-state index in [-0.39, 0.29) is 11.8 Å². The SMILES string of the molecule is COc1ccc2c(c1)C1(C[C@H]1c1ccc3c(-c4ccc(OCCN(C)C)cc4)n[nH]c3c1)C(=O)N2. The Hall–Kier alpha value is -3.84. The van der Waals surface area contributed by atoms with Gasteiger partial charge < -0.3 is 19.7 Å². The van der Waals surface area contributed by atoms with E-state index in [0.717, 1.165) is 63.4 Å². The monoisotopic (exact) mass is 468 g/mol. The Balaban J connectivity index is 1.25. The van der Waals surface area contributed by atoms with E-state index in [1.54, 1.807) is 7.11 Å². The molecule has 6 rings (SSSR count). The summed E-state index contributed by atoms with van der Waals surface area (Å²) in [5.41, 5.74) is 5.46. The summed E-state index contributed by atoms with van der Waals surface area (Å²) in [6.07, 6.45) is 0.792. The standard InChI is InChI=1S/C28H28N4O3/c1-32(2)12-13-35-19-7-4-17(5-8-19)26-21-10-6-18(14-25(21)30-31-26)23-16-28(23)22-15-20(34-3)9-11-24(22)29-27(28)33/h4-11,14-15,23H,12-13,16H2,1-3H3,(H,29,33)(H,30,31)/t23-,28?/m0/s1. The van der Waals surface area contributed by atoms with Gasteiger partial charge in [0.1, 0.15) is 18.1 Å². The number of methoxy groups -OCH3 is 1. The van der Waals surface area contributed by atoms with Crippen molar-refractivity contribution in [2.24, 2.45) is 0 Å². The molecule has 2 N–H and O–H groups in total. The predicted molar refractivity (Wildman–Crippen MR) is 136 cm³/mol. The van der Waals surface area contributed by atoms with Crippen LogP contribution in [0.3, 0.4) is 0 Å². The van der Waals surface area contributed by atoms with Crippen LogP contribution in [-0.4, -0.2) is 55.4 Å². The summed E-state index contributed by atoms with van der Waals surface area (Å²) in [4.78, 5) is 15.1. The number of anilines is 1. The molecule has 0 saturated heterocycles. The van der Waals surface area contributed by atoms with Crippen LogP contribution in [-0.2, 0) is 10.2 Å². The van der Waals surface area contributed by atoms with Gasteiger partial charge in [0.05, 0.1) is 23.7 Å². The van der Waals surface area contributed by atoms with E-state index >= 15 is 0 Å². The van der Waals surface area contributed by atoms with Crippen LogP contribution in [0.5, 0.6) is 11.5 Å². The third-order valence-corrected chi connectivity index (χ3v) is 7.25. The fraction of sp³-hybridized carbons (Fsp3) is 0.286. The number of ether oxygens (including phenoxy) is 2. The quantitative estimate of drug-likeness (QED) is 0.416. The summed E-state index contributed by atoms with van der Waals surface area (Å²) in [6, 6.07) is 20.2. The topological polar surface area (TPSA) is 79.5 Å². The number of hydrogen-bond donors (Lipinski definition) is 2. The average Bonchev–Trinajstić information content (AvgIpc) is 3.39. The van der Waals surface area contributed by atoms with E-state index in [2.05, 4.69) is 38.6 Å². The third-order valence-electron chi connectivity index (χ3n) is 7.25. The lowest BCUT2D eigenvalue weighted by Crippen LogP contribution is -2.21. The highest BCUT2D eigenvalue weighted by Gasteiger charge is 2.65. The number of aromatic nitrogens is 2. The van der Waals surface area contributed by atoms with Gasteiger partial charge in [-0.1, -0.05) is 12.1 Å². The summed E-state index contributed by atoms with van der Waals surface area (Å²) in [5.74, 6) is 1.83. The number of likely N-dealkylation sites (N-methyl/N-ethyl adjacent to an activating group) is 1. The Morgan fingerprint density at radius 3 is 2.63 bits per heavy atom. The molecule has 1 unspecified atom stereocenters. The maximum atomic E-state index is 13.0. The number of nitrogens with one attached hydrogen (secondary N) is 2. The Kier molecular flexibility index (Phi) is 5.04. The van der Waals surface area contributed by atoms with Gasteiger partial charge in [-0.2, -0.15) is 5.10 Å². The van der Waals surface area contributed by atoms with Gasteiger partial charge in [-0.3, -0.25) is 9.89 Å². The fourth-order valence-electron chi connectivity index (χ4n) is 5.23. The number of aromatic amines is 1. The van der Waals surface area contributed by atoms with Gasteiger partial charge in [-0.15, -0.1) is 0 Å². The Morgan fingerprint density at radius 1 is 1.06 bits per heavy atom. The summed E-state index contributed by atoms with van der Waals surface area (Å²) in [5, 5.41) is 11.9. The zero-order valence-electron chi connectivity index (χ0n) is 20.1. The van der Waals surface area contributed by atoms with Gasteiger partial charge in [0.25, 0.3) is 0 Å². The molecule has 0 bridgehead atoms. The number of carbonyl (C=O) groups excluding carboxylic acids is 1. The zero-order valence-corrected chi connectivity index (χ0v) is 20.1. The maximum Gasteiger partial charge on any atom is 0.235 e. The second-order valence-corrected chi connectivity index (χ2v) is 9.65. The highest BCUT2D eigenvalue weighted by Crippen LogP contribution is 2.65. The third kappa shape index (κ3) is 3.54. The van der Waals surface area contributed by atoms with Crippen molar-refractivity contribution in [3.05, 3.63) is 71.8 Å². The molecule has 1 aliphatic carbocycles. The molecule has 1 aromatic heterocycles. The van der Waals surface area contributed by atoms with Gasteiger partial charge in [-0.05, 0) is 80.2 Å². The smallest absolute Gasteiger partial charge is 0.235 e. The van der Waals surface area contributed by atoms with Crippen LogP contribution < -0.4 is 14.8 Å². The minimum atomic E-state index is -0.511. The number of H-pyrrole nitrogens is 1. The molecule has 3 aromatic carbocycles. The molecule has 1 spiro atoms. The molecule has 35 heavy (non-hydrogen) atoms. The van der Waals surface area contributed by atoms with Crippen molar-refractivity contribution in [2.75, 3.05) is 39.7 Å². The summed E-state index contributed by atoms with van der Waals surface area (Å²) < 4.78 is 11.2. The number of nitrogens with zero attached hydrogens (tertiary/aromatic N) is 2. The van der Waals surface area contributed by atoms with Crippen molar-refractivity contribution in [1.29, 1.82) is 0 Å². The molecule has 2 aliphatic rings. The van der Waals surface area contributed by atoms with E-state index in [4.69, 9.17) is 9.47 Å². The molecule has 1 aliphatic heterocycles. The molecule has 7 nitrogen and oxygen atoms in total. The van der Waals surface area contributed by atoms with Crippen LogP contribution in [0.15, 0.2) is 60.7 Å². The van der Waals surface area contributed by atoms with Gasteiger partial charge in [-0.25, -0.2) is 0 Å². The molecule has 2 heterocycles. The van der Waals surface area contributed by atoms with Gasteiger partial charge in [0.15, 0.2) is 0 Å². The van der Waals surface area contributed by atoms with Crippen LogP contribution in [0.2, 0.25) is 0 Å². The van der Waals surface area contributed by atoms with Gasteiger partial charge in [0, 0.05) is 29.1 Å². The molecule has 0 radical (unpaired) electrons. The zero-order chi connectivity index (χ0) is 24.2. The van der Waals surface area contributed by atoms with E-state index in [1.807, 2.05) is 56.6 Å². The number of hydrogen-bond acceptors (Lipinski definition) is 5. The number of rotatable bonds is 7. The van der Waals surface area contributed by atoms with Crippen molar-refractivity contribution >= 4 is 22.5 Å². The van der Waals surface area contributed by atoms with Gasteiger partial charge in [0.2, 0.25) is 5.91 Å². The molecular formula is C28H28N4O3. The lowest BCUT2D eigenvalue weighted by atomic mass is 9.91. The highest BCUT2D eigenvalue weighted by molar-refractivity contribution is 6.10. The lowest BCUT2D eigenvalue weighted by molar-refractivity contribution is -0.118. The van der Waals surface area contributed by atoms with Crippen molar-refractivity contribution in [3.63, 3.8) is 0 Å². The second kappa shape index (κ2) is 8.13. The summed E-state index contributed by atoms with van der Waals surface area (Å²) >= 11 is 0. The first-order chi connectivity index (χ1) is 17.0. The maximum absolute atomic E-state index is 13.0. The lowest BCUT2D eigenvalue weighted by Gasteiger charge is -2.11. The van der Waals surface area contributed by atoms with Gasteiger partial charge >= 0.3 is 0 Å². The molecular weight excluding hydrogens is 440 g/mol. The van der Waals surface area contributed by atoms with Crippen LogP contribution >= 0.6 is 0 Å². The molecule has 1 saturated carbocycles. The minimum Gasteiger partial charge on any atom is -0.497 e. The largest absolute Gasteiger partial charge is 0.497 e. The summed E-state index contributed by atoms with van der Waals surface area (Å²) in [7, 11) is 5.71. The second-order valence-electron chi connectivity index (χ2n) is 9.65. The van der Waals surface area contributed by atoms with Crippen molar-refractivity contribution in [2.45, 2.75) is 17.8 Å². The first kappa shape index (κ1) is 21.7. The molecule has 178 valence electrons. The highest BCUT2D eigenvalue weighted by atomic mass is 16.5. The number of fused-ring (bicyclic) bond motifs is 3. The minimum absolute atomic E-state index is 0.0732. The van der Waals surface area contributed by atoms with E-state index in [1.165, 1.54) is 0 Å². The molecule has 2 atom stereocenters. The Labute approximate surface area is 204 Å². The molecule has 4 aromatic rings.